The molecule has 0 saturated heterocycles. The van der Waals surface area contributed by atoms with E-state index in [2.05, 4.69) is 42.6 Å². The molecular weight excluding hydrogens is 591 g/mol. The summed E-state index contributed by atoms with van der Waals surface area (Å²) in [4.78, 5) is 22.5. The van der Waals surface area contributed by atoms with E-state index in [1.165, 1.54) is 51.0 Å². The van der Waals surface area contributed by atoms with Crippen LogP contribution in [0.15, 0.2) is 48.6 Å². The highest BCUT2D eigenvalue weighted by Gasteiger charge is 2.27. The number of nitrogens with two attached hydrogens (primary N) is 1. The third kappa shape index (κ3) is 29.6. The van der Waals surface area contributed by atoms with Gasteiger partial charge in [0.2, 0.25) is 5.91 Å². The Morgan fingerprint density at radius 1 is 0.800 bits per heavy atom. The van der Waals surface area contributed by atoms with Crippen molar-refractivity contribution in [1.29, 1.82) is 0 Å². The van der Waals surface area contributed by atoms with Gasteiger partial charge in [0, 0.05) is 6.54 Å². The van der Waals surface area contributed by atoms with Crippen molar-refractivity contribution in [2.45, 2.75) is 148 Å². The molecule has 0 rings (SSSR count). The van der Waals surface area contributed by atoms with Crippen molar-refractivity contribution in [1.82, 2.24) is 5.32 Å². The fourth-order valence-corrected chi connectivity index (χ4v) is 5.38. The molecule has 1 amide bonds. The Balaban J connectivity index is 4.50. The monoisotopic (exact) mass is 656 g/mol. The van der Waals surface area contributed by atoms with Gasteiger partial charge in [-0.25, -0.2) is 4.57 Å². The number of carbonyl (C=O) groups is 1. The maximum atomic E-state index is 12.7. The minimum absolute atomic E-state index is 0.0388. The van der Waals surface area contributed by atoms with E-state index in [0.29, 0.717) is 12.8 Å². The van der Waals surface area contributed by atoms with E-state index in [-0.39, 0.29) is 19.6 Å². The fraction of sp³-hybridized carbons (Fsp3) is 0.743. The summed E-state index contributed by atoms with van der Waals surface area (Å²) in [6.07, 6.45) is 32.3. The third-order valence-corrected chi connectivity index (χ3v) is 8.24. The van der Waals surface area contributed by atoms with Crippen molar-refractivity contribution in [2.75, 3.05) is 19.8 Å². The quantitative estimate of drug-likeness (QED) is 0.0291. The molecule has 4 unspecified atom stereocenters. The molecule has 0 spiro atoms. The van der Waals surface area contributed by atoms with Gasteiger partial charge in [-0.15, -0.1) is 0 Å². The number of unbranched alkanes of at least 4 members (excludes halogenated alkanes) is 12. The highest BCUT2D eigenvalue weighted by Crippen LogP contribution is 2.43. The average Bonchev–Trinajstić information content (AvgIpc) is 3.01. The number of hydrogen-bond donors (Lipinski definition) is 5. The zero-order chi connectivity index (χ0) is 33.4. The molecule has 0 fully saturated rings. The highest BCUT2D eigenvalue weighted by molar-refractivity contribution is 7.47. The molecule has 45 heavy (non-hydrogen) atoms. The Morgan fingerprint density at radius 3 is 1.98 bits per heavy atom. The van der Waals surface area contributed by atoms with Crippen LogP contribution in [0.25, 0.3) is 0 Å². The molecule has 0 aromatic carbocycles. The van der Waals surface area contributed by atoms with Crippen molar-refractivity contribution >= 4 is 13.7 Å². The molecule has 0 saturated carbocycles. The van der Waals surface area contributed by atoms with Crippen molar-refractivity contribution in [3.8, 4) is 0 Å². The molecule has 9 nitrogen and oxygen atoms in total. The van der Waals surface area contributed by atoms with Crippen LogP contribution in [-0.2, 0) is 18.4 Å². The molecule has 0 aromatic heterocycles. The lowest BCUT2D eigenvalue weighted by Crippen LogP contribution is -2.46. The van der Waals surface area contributed by atoms with Crippen LogP contribution in [0.5, 0.6) is 0 Å². The van der Waals surface area contributed by atoms with E-state index in [1.807, 2.05) is 13.0 Å². The second-order valence-electron chi connectivity index (χ2n) is 11.6. The maximum absolute atomic E-state index is 12.7. The Hall–Kier alpha value is -1.58. The molecule has 0 aliphatic heterocycles. The fourth-order valence-electron chi connectivity index (χ4n) is 4.62. The summed E-state index contributed by atoms with van der Waals surface area (Å²) in [5.74, 6) is -0.475. The molecule has 0 radical (unpaired) electrons. The van der Waals surface area contributed by atoms with Gasteiger partial charge in [0.05, 0.1) is 37.9 Å². The van der Waals surface area contributed by atoms with Crippen molar-refractivity contribution < 1.29 is 33.5 Å². The van der Waals surface area contributed by atoms with Crippen LogP contribution >= 0.6 is 7.82 Å². The van der Waals surface area contributed by atoms with E-state index < -0.39 is 38.6 Å². The summed E-state index contributed by atoms with van der Waals surface area (Å²) >= 11 is 0. The van der Waals surface area contributed by atoms with Crippen LogP contribution in [0.4, 0.5) is 0 Å². The van der Waals surface area contributed by atoms with Gasteiger partial charge in [0.25, 0.3) is 0 Å². The second-order valence-corrected chi connectivity index (χ2v) is 13.0. The lowest BCUT2D eigenvalue weighted by Gasteiger charge is -2.24. The number of nitrogens with one attached hydrogen (secondary N) is 1. The maximum Gasteiger partial charge on any atom is 0.472 e. The first kappa shape index (κ1) is 43.4. The minimum atomic E-state index is -4.40. The number of rotatable bonds is 31. The summed E-state index contributed by atoms with van der Waals surface area (Å²) in [6, 6.07) is -1.01. The topological polar surface area (TPSA) is 151 Å². The van der Waals surface area contributed by atoms with Crippen LogP contribution < -0.4 is 11.1 Å². The largest absolute Gasteiger partial charge is 0.472 e. The van der Waals surface area contributed by atoms with Crippen LogP contribution in [0.2, 0.25) is 0 Å². The average molecular weight is 657 g/mol. The van der Waals surface area contributed by atoms with Gasteiger partial charge >= 0.3 is 7.82 Å². The van der Waals surface area contributed by atoms with E-state index in [4.69, 9.17) is 14.8 Å². The van der Waals surface area contributed by atoms with Crippen LogP contribution in [0.1, 0.15) is 129 Å². The standard InChI is InChI=1S/C35H65N2O7P/c1-3-5-7-9-11-13-14-15-16-17-19-20-22-24-26-32(38)30-35(40)37-33(31-44-45(41,42)43-29-28-36)34(39)27-25-23-21-18-12-10-8-6-4-2/h4,6,12,16-18,25,27,32-34,38-39H,3,5,7-11,13-15,19-24,26,28-31,36H2,1-2H3,(H,37,40)(H,41,42)/b6-4+,17-16-,18-12+,27-25+. The predicted octanol–water partition coefficient (Wildman–Crippen LogP) is 7.57. The number of amides is 1. The minimum Gasteiger partial charge on any atom is -0.393 e. The summed E-state index contributed by atoms with van der Waals surface area (Å²) < 4.78 is 21.8. The summed E-state index contributed by atoms with van der Waals surface area (Å²) in [7, 11) is -4.40. The van der Waals surface area contributed by atoms with Crippen molar-refractivity contribution in [3.63, 3.8) is 0 Å². The number of phosphoric acid groups is 1. The van der Waals surface area contributed by atoms with Crippen LogP contribution in [0.3, 0.4) is 0 Å². The first-order valence-electron chi connectivity index (χ1n) is 17.3. The van der Waals surface area contributed by atoms with E-state index in [9.17, 15) is 24.5 Å². The molecule has 10 heteroatoms. The molecular formula is C35H65N2O7P. The summed E-state index contributed by atoms with van der Waals surface area (Å²) in [6.45, 7) is 3.65. The van der Waals surface area contributed by atoms with Crippen LogP contribution in [-0.4, -0.2) is 59.0 Å². The number of phosphoric ester groups is 1. The van der Waals surface area contributed by atoms with Gasteiger partial charge in [-0.1, -0.05) is 107 Å². The van der Waals surface area contributed by atoms with Crippen LogP contribution in [0, 0.1) is 0 Å². The van der Waals surface area contributed by atoms with E-state index in [0.717, 1.165) is 51.4 Å². The molecule has 0 bridgehead atoms. The van der Waals surface area contributed by atoms with Crippen molar-refractivity contribution in [2.24, 2.45) is 5.73 Å². The zero-order valence-corrected chi connectivity index (χ0v) is 29.1. The predicted molar refractivity (Wildman–Crippen MR) is 186 cm³/mol. The van der Waals surface area contributed by atoms with Gasteiger partial charge in [0.15, 0.2) is 0 Å². The Morgan fingerprint density at radius 2 is 1.36 bits per heavy atom. The summed E-state index contributed by atoms with van der Waals surface area (Å²) in [5.41, 5.74) is 5.32. The number of allylic oxidation sites excluding steroid dienone is 7. The molecule has 0 aliphatic carbocycles. The second kappa shape index (κ2) is 31.0. The van der Waals surface area contributed by atoms with Gasteiger partial charge in [-0.3, -0.25) is 13.8 Å². The lowest BCUT2D eigenvalue weighted by molar-refractivity contribution is -0.124. The Kier molecular flexibility index (Phi) is 30.0. The van der Waals surface area contributed by atoms with Crippen molar-refractivity contribution in [3.05, 3.63) is 48.6 Å². The smallest absolute Gasteiger partial charge is 0.393 e. The lowest BCUT2D eigenvalue weighted by atomic mass is 10.1. The highest BCUT2D eigenvalue weighted by atomic mass is 31.2. The molecule has 262 valence electrons. The number of hydrogen-bond acceptors (Lipinski definition) is 7. The first-order valence-corrected chi connectivity index (χ1v) is 18.8. The molecule has 0 aromatic rings. The third-order valence-electron chi connectivity index (χ3n) is 7.25. The normalized spacial score (nSPS) is 15.8. The van der Waals surface area contributed by atoms with Gasteiger partial charge in [-0.05, 0) is 64.7 Å². The van der Waals surface area contributed by atoms with Gasteiger partial charge in [0.1, 0.15) is 0 Å². The molecule has 4 atom stereocenters. The Bertz CT molecular complexity index is 863. The van der Waals surface area contributed by atoms with E-state index in [1.54, 1.807) is 6.08 Å². The molecule has 6 N–H and O–H groups in total. The number of carbonyl (C=O) groups excluding carboxylic acids is 1. The first-order chi connectivity index (χ1) is 21.8. The van der Waals surface area contributed by atoms with Gasteiger partial charge < -0.3 is 26.2 Å². The Labute approximate surface area is 274 Å². The van der Waals surface area contributed by atoms with E-state index >= 15 is 0 Å². The SMILES string of the molecule is C/C=C/CC/C=C/CC/C=C/C(O)C(COP(=O)(O)OCCN)NC(=O)CC(O)CCCCC/C=C\CCCCCCCCC. The molecule has 0 heterocycles. The van der Waals surface area contributed by atoms with Gasteiger partial charge in [-0.2, -0.15) is 0 Å². The zero-order valence-electron chi connectivity index (χ0n) is 28.2. The summed E-state index contributed by atoms with van der Waals surface area (Å²) in [5, 5.41) is 23.7. The number of aliphatic hydroxyl groups is 2. The molecule has 0 aliphatic rings. The number of aliphatic hydroxyl groups excluding tert-OH is 2.